The van der Waals surface area contributed by atoms with E-state index in [1.54, 1.807) is 0 Å². The third kappa shape index (κ3) is 4.74. The van der Waals surface area contributed by atoms with E-state index < -0.39 is 6.10 Å². The highest BCUT2D eigenvalue weighted by Crippen LogP contribution is 2.13. The molecule has 0 saturated carbocycles. The van der Waals surface area contributed by atoms with Crippen LogP contribution in [0.25, 0.3) is 0 Å². The summed E-state index contributed by atoms with van der Waals surface area (Å²) < 4.78 is 0. The van der Waals surface area contributed by atoms with Crippen molar-refractivity contribution in [3.05, 3.63) is 0 Å². The fourth-order valence-electron chi connectivity index (χ4n) is 0.689. The van der Waals surface area contributed by atoms with Gasteiger partial charge in [-0.2, -0.15) is 0 Å². The average molecular weight is 192 g/mol. The van der Waals surface area contributed by atoms with Crippen molar-refractivity contribution in [2.45, 2.75) is 31.6 Å². The summed E-state index contributed by atoms with van der Waals surface area (Å²) in [5.74, 6) is 0.605. The molecule has 0 amide bonds. The smallest absolute Gasteiger partial charge is 0.145 e. The highest BCUT2D eigenvalue weighted by atomic mass is 32.2. The van der Waals surface area contributed by atoms with E-state index in [4.69, 9.17) is 10.2 Å². The minimum atomic E-state index is -0.706. The van der Waals surface area contributed by atoms with Crippen molar-refractivity contribution in [2.24, 2.45) is 0 Å². The Balaban J connectivity index is 3.56. The van der Waals surface area contributed by atoms with Crippen LogP contribution >= 0.6 is 11.8 Å². The van der Waals surface area contributed by atoms with Crippen LogP contribution in [0.3, 0.4) is 0 Å². The molecular formula is C8H16O3S. The van der Waals surface area contributed by atoms with E-state index in [-0.39, 0.29) is 17.6 Å². The standard InChI is InChI=1S/C8H16O3S/c1-3-8(11)6(2)12-5-7(10)4-9/h6-7,9-10H,3-5H2,1-2H3. The number of thioether (sulfide) groups is 1. The highest BCUT2D eigenvalue weighted by molar-refractivity contribution is 8.00. The summed E-state index contributed by atoms with van der Waals surface area (Å²) in [4.78, 5) is 11.0. The quantitative estimate of drug-likeness (QED) is 0.641. The second kappa shape index (κ2) is 6.46. The Morgan fingerprint density at radius 3 is 2.58 bits per heavy atom. The van der Waals surface area contributed by atoms with Gasteiger partial charge in [-0.3, -0.25) is 4.79 Å². The molecule has 0 spiro atoms. The fraction of sp³-hybridized carbons (Fsp3) is 0.875. The second-order valence-electron chi connectivity index (χ2n) is 2.63. The zero-order valence-electron chi connectivity index (χ0n) is 7.49. The van der Waals surface area contributed by atoms with Crippen LogP contribution in [0, 0.1) is 0 Å². The molecule has 0 fully saturated rings. The zero-order valence-corrected chi connectivity index (χ0v) is 8.30. The van der Waals surface area contributed by atoms with Crippen molar-refractivity contribution >= 4 is 17.5 Å². The van der Waals surface area contributed by atoms with Crippen LogP contribution in [-0.2, 0) is 4.79 Å². The molecule has 4 heteroatoms. The molecule has 0 aliphatic carbocycles. The number of carbonyl (C=O) groups is 1. The molecule has 0 aliphatic rings. The molecule has 0 saturated heterocycles. The van der Waals surface area contributed by atoms with E-state index in [1.807, 2.05) is 13.8 Å². The molecule has 12 heavy (non-hydrogen) atoms. The average Bonchev–Trinajstić information content (AvgIpc) is 2.11. The van der Waals surface area contributed by atoms with E-state index in [9.17, 15) is 4.79 Å². The number of ketones is 1. The summed E-state index contributed by atoms with van der Waals surface area (Å²) in [5.41, 5.74) is 0. The van der Waals surface area contributed by atoms with E-state index in [0.29, 0.717) is 12.2 Å². The summed E-state index contributed by atoms with van der Waals surface area (Å²) in [6.45, 7) is 3.41. The van der Waals surface area contributed by atoms with Crippen LogP contribution in [0.15, 0.2) is 0 Å². The van der Waals surface area contributed by atoms with Gasteiger partial charge in [0.1, 0.15) is 5.78 Å². The number of aliphatic hydroxyl groups is 2. The van der Waals surface area contributed by atoms with Gasteiger partial charge >= 0.3 is 0 Å². The van der Waals surface area contributed by atoms with Gasteiger partial charge in [0.15, 0.2) is 0 Å². The monoisotopic (exact) mass is 192 g/mol. The second-order valence-corrected chi connectivity index (χ2v) is 4.01. The van der Waals surface area contributed by atoms with Gasteiger partial charge in [-0.25, -0.2) is 0 Å². The molecule has 0 radical (unpaired) electrons. The van der Waals surface area contributed by atoms with Crippen LogP contribution in [0.1, 0.15) is 20.3 Å². The first-order valence-electron chi connectivity index (χ1n) is 4.05. The van der Waals surface area contributed by atoms with E-state index in [2.05, 4.69) is 0 Å². The third-order valence-electron chi connectivity index (χ3n) is 1.55. The predicted molar refractivity (Wildman–Crippen MR) is 50.3 cm³/mol. The van der Waals surface area contributed by atoms with Crippen molar-refractivity contribution in [3.63, 3.8) is 0 Å². The van der Waals surface area contributed by atoms with Crippen molar-refractivity contribution in [1.82, 2.24) is 0 Å². The maximum Gasteiger partial charge on any atom is 0.145 e. The predicted octanol–water partition coefficient (Wildman–Crippen LogP) is 0.440. The molecule has 0 aromatic carbocycles. The molecule has 2 N–H and O–H groups in total. The summed E-state index contributed by atoms with van der Waals surface area (Å²) in [6, 6.07) is 0. The maximum atomic E-state index is 11.0. The Labute approximate surface area is 77.2 Å². The van der Waals surface area contributed by atoms with Crippen molar-refractivity contribution in [3.8, 4) is 0 Å². The van der Waals surface area contributed by atoms with Crippen molar-refractivity contribution in [1.29, 1.82) is 0 Å². The van der Waals surface area contributed by atoms with Crippen molar-refractivity contribution in [2.75, 3.05) is 12.4 Å². The van der Waals surface area contributed by atoms with Gasteiger partial charge < -0.3 is 10.2 Å². The first-order chi connectivity index (χ1) is 5.61. The van der Waals surface area contributed by atoms with Gasteiger partial charge in [-0.15, -0.1) is 11.8 Å². The first-order valence-corrected chi connectivity index (χ1v) is 5.09. The molecule has 2 atom stereocenters. The Hall–Kier alpha value is -0.0600. The molecule has 0 aromatic heterocycles. The largest absolute Gasteiger partial charge is 0.394 e. The Morgan fingerprint density at radius 1 is 1.58 bits per heavy atom. The Kier molecular flexibility index (Phi) is 6.42. The molecular weight excluding hydrogens is 176 g/mol. The molecule has 0 bridgehead atoms. The first kappa shape index (κ1) is 11.9. The number of aliphatic hydroxyl groups excluding tert-OH is 2. The lowest BCUT2D eigenvalue weighted by Crippen LogP contribution is -2.19. The molecule has 0 aromatic rings. The van der Waals surface area contributed by atoms with Gasteiger partial charge in [-0.05, 0) is 6.92 Å². The van der Waals surface area contributed by atoms with Gasteiger partial charge in [-0.1, -0.05) is 6.92 Å². The van der Waals surface area contributed by atoms with E-state index in [1.165, 1.54) is 11.8 Å². The van der Waals surface area contributed by atoms with Gasteiger partial charge in [0.2, 0.25) is 0 Å². The van der Waals surface area contributed by atoms with Crippen LogP contribution in [0.4, 0.5) is 0 Å². The molecule has 0 heterocycles. The van der Waals surface area contributed by atoms with E-state index in [0.717, 1.165) is 0 Å². The molecule has 2 unspecified atom stereocenters. The topological polar surface area (TPSA) is 57.5 Å². The van der Waals surface area contributed by atoms with Crippen molar-refractivity contribution < 1.29 is 15.0 Å². The van der Waals surface area contributed by atoms with Crippen LogP contribution < -0.4 is 0 Å². The Morgan fingerprint density at radius 2 is 2.17 bits per heavy atom. The normalized spacial score (nSPS) is 15.7. The third-order valence-corrected chi connectivity index (χ3v) is 2.89. The van der Waals surface area contributed by atoms with Crippen LogP contribution in [0.2, 0.25) is 0 Å². The summed E-state index contributed by atoms with van der Waals surface area (Å²) >= 11 is 1.38. The highest BCUT2D eigenvalue weighted by Gasteiger charge is 2.12. The molecule has 0 rings (SSSR count). The van der Waals surface area contributed by atoms with Crippen LogP contribution in [0.5, 0.6) is 0 Å². The Bertz CT molecular complexity index is 138. The minimum Gasteiger partial charge on any atom is -0.394 e. The fourth-order valence-corrected chi connectivity index (χ4v) is 1.66. The lowest BCUT2D eigenvalue weighted by atomic mass is 10.2. The van der Waals surface area contributed by atoms with Gasteiger partial charge in [0.05, 0.1) is 18.0 Å². The molecule has 3 nitrogen and oxygen atoms in total. The van der Waals surface area contributed by atoms with Crippen LogP contribution in [-0.4, -0.2) is 39.7 Å². The maximum absolute atomic E-state index is 11.0. The van der Waals surface area contributed by atoms with Gasteiger partial charge in [0, 0.05) is 12.2 Å². The number of rotatable bonds is 6. The number of hydrogen-bond donors (Lipinski definition) is 2. The number of hydrogen-bond acceptors (Lipinski definition) is 4. The van der Waals surface area contributed by atoms with Gasteiger partial charge in [0.25, 0.3) is 0 Å². The summed E-state index contributed by atoms with van der Waals surface area (Å²) in [7, 11) is 0. The number of Topliss-reactive ketones (excluding diaryl/α,β-unsaturated/α-hetero) is 1. The lowest BCUT2D eigenvalue weighted by Gasteiger charge is -2.11. The van der Waals surface area contributed by atoms with E-state index >= 15 is 0 Å². The minimum absolute atomic E-state index is 0.0730. The molecule has 72 valence electrons. The lowest BCUT2D eigenvalue weighted by molar-refractivity contribution is -0.118. The number of carbonyl (C=O) groups excluding carboxylic acids is 1. The summed E-state index contributed by atoms with van der Waals surface area (Å²) in [5, 5.41) is 17.4. The zero-order chi connectivity index (χ0) is 9.56. The summed E-state index contributed by atoms with van der Waals surface area (Å²) in [6.07, 6.45) is -0.175. The SMILES string of the molecule is CCC(=O)C(C)SCC(O)CO. The molecule has 0 aliphatic heterocycles.